The minimum absolute atomic E-state index is 0.0235. The molecule has 24 heavy (non-hydrogen) atoms. The van der Waals surface area contributed by atoms with E-state index in [1.807, 2.05) is 26.8 Å². The summed E-state index contributed by atoms with van der Waals surface area (Å²) in [6.45, 7) is 9.85. The second kappa shape index (κ2) is 8.13. The summed E-state index contributed by atoms with van der Waals surface area (Å²) in [5.74, 6) is -0.674. The number of aliphatic hydroxyl groups is 2. The number of aliphatic hydroxyl groups excluding tert-OH is 2. The number of hydrogen-bond donors (Lipinski definition) is 2. The zero-order valence-corrected chi connectivity index (χ0v) is 15.0. The number of ether oxygens (including phenoxy) is 1. The third kappa shape index (κ3) is 4.81. The minimum atomic E-state index is -0.624. The van der Waals surface area contributed by atoms with Crippen LogP contribution in [-0.4, -0.2) is 34.5 Å². The summed E-state index contributed by atoms with van der Waals surface area (Å²) in [5.41, 5.74) is 2.63. The third-order valence-corrected chi connectivity index (χ3v) is 5.21. The summed E-state index contributed by atoms with van der Waals surface area (Å²) >= 11 is 0. The summed E-state index contributed by atoms with van der Waals surface area (Å²) in [4.78, 5) is 12.1. The zero-order chi connectivity index (χ0) is 17.9. The molecule has 2 aliphatic rings. The molecule has 1 heterocycles. The molecule has 0 amide bonds. The van der Waals surface area contributed by atoms with Crippen molar-refractivity contribution in [2.45, 2.75) is 71.2 Å². The van der Waals surface area contributed by atoms with Gasteiger partial charge in [0.1, 0.15) is 6.10 Å². The van der Waals surface area contributed by atoms with Crippen LogP contribution in [0.4, 0.5) is 0 Å². The lowest BCUT2D eigenvalue weighted by atomic mass is 9.80. The third-order valence-electron chi connectivity index (χ3n) is 5.21. The van der Waals surface area contributed by atoms with Crippen LogP contribution in [-0.2, 0) is 9.53 Å². The fraction of sp³-hybridized carbons (Fsp3) is 0.650. The number of hydrogen-bond acceptors (Lipinski definition) is 4. The molecule has 2 rings (SSSR count). The van der Waals surface area contributed by atoms with E-state index in [-0.39, 0.29) is 17.9 Å². The molecule has 0 radical (unpaired) electrons. The molecule has 0 aromatic carbocycles. The van der Waals surface area contributed by atoms with Gasteiger partial charge in [0.15, 0.2) is 0 Å². The van der Waals surface area contributed by atoms with Crippen LogP contribution >= 0.6 is 0 Å². The quantitative estimate of drug-likeness (QED) is 0.405. The fourth-order valence-electron chi connectivity index (χ4n) is 3.66. The summed E-state index contributed by atoms with van der Waals surface area (Å²) in [6, 6.07) is 0. The van der Waals surface area contributed by atoms with Crippen molar-refractivity contribution in [2.75, 3.05) is 0 Å². The lowest BCUT2D eigenvalue weighted by Gasteiger charge is -2.36. The Morgan fingerprint density at radius 2 is 1.92 bits per heavy atom. The first-order valence-corrected chi connectivity index (χ1v) is 8.86. The lowest BCUT2D eigenvalue weighted by molar-refractivity contribution is -0.155. The smallest absolute Gasteiger partial charge is 0.334 e. The van der Waals surface area contributed by atoms with Gasteiger partial charge in [-0.15, -0.1) is 0 Å². The summed E-state index contributed by atoms with van der Waals surface area (Å²) in [5, 5.41) is 20.9. The molecule has 134 valence electrons. The number of allylic oxidation sites excluding steroid dienone is 2. The van der Waals surface area contributed by atoms with Crippen molar-refractivity contribution < 1.29 is 19.7 Å². The zero-order valence-electron chi connectivity index (χ0n) is 15.0. The Balaban J connectivity index is 2.26. The Kier molecular flexibility index (Phi) is 6.41. The highest BCUT2D eigenvalue weighted by atomic mass is 16.5. The molecule has 1 aliphatic carbocycles. The van der Waals surface area contributed by atoms with Crippen LogP contribution in [0.3, 0.4) is 0 Å². The van der Waals surface area contributed by atoms with Crippen LogP contribution in [0.15, 0.2) is 35.5 Å². The molecule has 0 saturated carbocycles. The summed E-state index contributed by atoms with van der Waals surface area (Å²) in [7, 11) is 0. The van der Waals surface area contributed by atoms with Crippen molar-refractivity contribution in [3.05, 3.63) is 35.5 Å². The van der Waals surface area contributed by atoms with Gasteiger partial charge in [0, 0.05) is 11.5 Å². The predicted octanol–water partition coefficient (Wildman–Crippen LogP) is 3.30. The topological polar surface area (TPSA) is 66.8 Å². The maximum atomic E-state index is 12.1. The van der Waals surface area contributed by atoms with E-state index in [9.17, 15) is 15.0 Å². The molecule has 2 N–H and O–H groups in total. The Morgan fingerprint density at radius 3 is 2.62 bits per heavy atom. The van der Waals surface area contributed by atoms with Gasteiger partial charge >= 0.3 is 5.97 Å². The molecule has 4 heteroatoms. The maximum Gasteiger partial charge on any atom is 0.334 e. The highest BCUT2D eigenvalue weighted by Crippen LogP contribution is 2.34. The summed E-state index contributed by atoms with van der Waals surface area (Å²) in [6.07, 6.45) is 6.01. The van der Waals surface area contributed by atoms with Crippen molar-refractivity contribution in [1.29, 1.82) is 0 Å². The average Bonchev–Trinajstić information content (AvgIpc) is 2.48. The molecule has 1 aliphatic heterocycles. The van der Waals surface area contributed by atoms with Crippen LogP contribution in [0.1, 0.15) is 52.9 Å². The Hall–Kier alpha value is -1.39. The van der Waals surface area contributed by atoms with E-state index in [2.05, 4.69) is 12.7 Å². The number of carbonyl (C=O) groups is 1. The Morgan fingerprint density at radius 1 is 1.21 bits per heavy atom. The van der Waals surface area contributed by atoms with Crippen molar-refractivity contribution in [1.82, 2.24) is 0 Å². The second-order valence-corrected chi connectivity index (χ2v) is 7.47. The first-order chi connectivity index (χ1) is 11.3. The van der Waals surface area contributed by atoms with Crippen molar-refractivity contribution in [3.63, 3.8) is 0 Å². The largest absolute Gasteiger partial charge is 0.459 e. The monoisotopic (exact) mass is 334 g/mol. The van der Waals surface area contributed by atoms with E-state index in [0.717, 1.165) is 24.0 Å². The van der Waals surface area contributed by atoms with Crippen LogP contribution in [0.2, 0.25) is 0 Å². The molecular formula is C20H30O4. The number of fused-ring (bicyclic) bond motifs is 2. The molecule has 5 atom stereocenters. The highest BCUT2D eigenvalue weighted by molar-refractivity contribution is 5.89. The molecule has 4 nitrogen and oxygen atoms in total. The highest BCUT2D eigenvalue weighted by Gasteiger charge is 2.38. The van der Waals surface area contributed by atoms with E-state index >= 15 is 0 Å². The second-order valence-electron chi connectivity index (χ2n) is 7.47. The van der Waals surface area contributed by atoms with Gasteiger partial charge in [0.2, 0.25) is 0 Å². The molecule has 1 fully saturated rings. The minimum Gasteiger partial charge on any atom is -0.459 e. The number of esters is 1. The summed E-state index contributed by atoms with van der Waals surface area (Å²) < 4.78 is 5.50. The predicted molar refractivity (Wildman–Crippen MR) is 94.3 cm³/mol. The lowest BCUT2D eigenvalue weighted by Crippen LogP contribution is -2.40. The van der Waals surface area contributed by atoms with Gasteiger partial charge in [-0.3, -0.25) is 0 Å². The molecule has 0 aromatic heterocycles. The maximum absolute atomic E-state index is 12.1. The van der Waals surface area contributed by atoms with E-state index in [0.29, 0.717) is 24.8 Å². The number of rotatable bonds is 0. The van der Waals surface area contributed by atoms with Gasteiger partial charge < -0.3 is 14.9 Å². The number of carbonyl (C=O) groups excluding carboxylic acids is 1. The van der Waals surface area contributed by atoms with E-state index in [1.54, 1.807) is 0 Å². The van der Waals surface area contributed by atoms with Crippen LogP contribution in [0.5, 0.6) is 0 Å². The molecule has 0 spiro atoms. The molecule has 2 bridgehead atoms. The van der Waals surface area contributed by atoms with Gasteiger partial charge in [0.05, 0.1) is 12.2 Å². The molecular weight excluding hydrogens is 304 g/mol. The van der Waals surface area contributed by atoms with E-state index in [4.69, 9.17) is 4.74 Å². The van der Waals surface area contributed by atoms with Gasteiger partial charge in [-0.1, -0.05) is 36.8 Å². The molecule has 1 saturated heterocycles. The van der Waals surface area contributed by atoms with Crippen molar-refractivity contribution in [3.8, 4) is 0 Å². The van der Waals surface area contributed by atoms with Crippen LogP contribution in [0, 0.1) is 11.8 Å². The molecule has 5 unspecified atom stereocenters. The average molecular weight is 334 g/mol. The SMILES string of the molecule is C=C1C(=O)OC2CC1C(O)C/C(C)=C/CC/C(C)=C\C(O)CC2C. The Bertz CT molecular complexity index is 546. The van der Waals surface area contributed by atoms with Gasteiger partial charge in [-0.2, -0.15) is 0 Å². The fourth-order valence-corrected chi connectivity index (χ4v) is 3.66. The van der Waals surface area contributed by atoms with Gasteiger partial charge in [-0.05, 0) is 51.9 Å². The van der Waals surface area contributed by atoms with Crippen LogP contribution in [0.25, 0.3) is 0 Å². The van der Waals surface area contributed by atoms with E-state index < -0.39 is 18.2 Å². The Labute approximate surface area is 144 Å². The van der Waals surface area contributed by atoms with Crippen LogP contribution < -0.4 is 0 Å². The normalized spacial score (nSPS) is 40.6. The van der Waals surface area contributed by atoms with Gasteiger partial charge in [0.25, 0.3) is 0 Å². The first kappa shape index (κ1) is 18.9. The first-order valence-electron chi connectivity index (χ1n) is 8.86. The standard InChI is InChI=1S/C20H30O4/c1-12-6-5-7-13(2)9-18(22)17-11-19(24-20(23)15(17)4)14(3)10-16(21)8-12/h7-8,14,16-19,21-22H,4-6,9-11H2,1-3H3/b12-8-,13-7+. The van der Waals surface area contributed by atoms with E-state index in [1.165, 1.54) is 0 Å². The van der Waals surface area contributed by atoms with Crippen molar-refractivity contribution >= 4 is 5.97 Å². The van der Waals surface area contributed by atoms with Crippen molar-refractivity contribution in [2.24, 2.45) is 11.8 Å². The van der Waals surface area contributed by atoms with Gasteiger partial charge in [-0.25, -0.2) is 4.79 Å². The molecule has 0 aromatic rings.